The molecule has 16 heavy (non-hydrogen) atoms. The molecule has 0 bridgehead atoms. The van der Waals surface area contributed by atoms with Gasteiger partial charge in [-0.3, -0.25) is 0 Å². The molecule has 0 aliphatic heterocycles. The minimum absolute atomic E-state index is 0.524. The van der Waals surface area contributed by atoms with Crippen molar-refractivity contribution in [2.75, 3.05) is 17.6 Å². The van der Waals surface area contributed by atoms with E-state index in [1.165, 1.54) is 12.8 Å². The fourth-order valence-electron chi connectivity index (χ4n) is 2.22. The molecule has 1 fully saturated rings. The topological polar surface area (TPSA) is 38.0 Å². The number of nitrogens with one attached hydrogen (secondary N) is 1. The summed E-state index contributed by atoms with van der Waals surface area (Å²) < 4.78 is 0. The van der Waals surface area contributed by atoms with E-state index < -0.39 is 0 Å². The van der Waals surface area contributed by atoms with Crippen LogP contribution in [0, 0.1) is 18.3 Å². The first-order valence-electron chi connectivity index (χ1n) is 6.14. The Morgan fingerprint density at radius 3 is 2.62 bits per heavy atom. The lowest BCUT2D eigenvalue weighted by molar-refractivity contribution is 0.380. The third kappa shape index (κ3) is 2.01. The number of benzene rings is 1. The highest BCUT2D eigenvalue weighted by atomic mass is 14.9. The van der Waals surface area contributed by atoms with Crippen LogP contribution in [0.4, 0.5) is 11.4 Å². The Labute approximate surface area is 98.2 Å². The fraction of sp³-hybridized carbons (Fsp3) is 0.571. The van der Waals surface area contributed by atoms with Crippen LogP contribution in [-0.2, 0) is 0 Å². The second kappa shape index (κ2) is 4.00. The molecule has 0 spiro atoms. The second-order valence-electron chi connectivity index (χ2n) is 5.41. The van der Waals surface area contributed by atoms with Crippen molar-refractivity contribution >= 4 is 11.4 Å². The van der Waals surface area contributed by atoms with Crippen LogP contribution in [0.2, 0.25) is 0 Å². The zero-order valence-electron chi connectivity index (χ0n) is 10.5. The molecule has 1 aromatic carbocycles. The van der Waals surface area contributed by atoms with E-state index in [-0.39, 0.29) is 0 Å². The molecule has 0 saturated heterocycles. The Bertz CT molecular complexity index is 378. The van der Waals surface area contributed by atoms with Crippen LogP contribution in [0.1, 0.15) is 32.3 Å². The molecule has 1 aromatic rings. The van der Waals surface area contributed by atoms with Gasteiger partial charge in [0.25, 0.3) is 0 Å². The van der Waals surface area contributed by atoms with Crippen molar-refractivity contribution in [3.63, 3.8) is 0 Å². The predicted molar refractivity (Wildman–Crippen MR) is 70.6 cm³/mol. The standard InChI is InChI=1S/C14H22N2/c1-10(2)14(7-8-14)9-16-12-6-4-5-11(3)13(12)15/h4-6,10,16H,7-9,15H2,1-3H3. The summed E-state index contributed by atoms with van der Waals surface area (Å²) in [5.74, 6) is 0.756. The van der Waals surface area contributed by atoms with Crippen LogP contribution in [0.5, 0.6) is 0 Å². The summed E-state index contributed by atoms with van der Waals surface area (Å²) in [6.45, 7) is 7.73. The first kappa shape index (κ1) is 11.3. The van der Waals surface area contributed by atoms with Gasteiger partial charge in [-0.15, -0.1) is 0 Å². The number of para-hydroxylation sites is 1. The van der Waals surface area contributed by atoms with Crippen LogP contribution in [0.3, 0.4) is 0 Å². The van der Waals surface area contributed by atoms with Gasteiger partial charge in [0.15, 0.2) is 0 Å². The molecular formula is C14H22N2. The van der Waals surface area contributed by atoms with Gasteiger partial charge in [-0.2, -0.15) is 0 Å². The molecule has 2 rings (SSSR count). The van der Waals surface area contributed by atoms with Gasteiger partial charge in [0, 0.05) is 6.54 Å². The third-order valence-corrected chi connectivity index (χ3v) is 4.07. The zero-order valence-corrected chi connectivity index (χ0v) is 10.5. The maximum absolute atomic E-state index is 6.05. The molecule has 1 saturated carbocycles. The molecule has 0 aromatic heterocycles. The first-order valence-corrected chi connectivity index (χ1v) is 6.14. The number of nitrogen functional groups attached to an aromatic ring is 1. The largest absolute Gasteiger partial charge is 0.397 e. The van der Waals surface area contributed by atoms with Crippen molar-refractivity contribution in [3.8, 4) is 0 Å². The summed E-state index contributed by atoms with van der Waals surface area (Å²) in [6, 6.07) is 6.18. The van der Waals surface area contributed by atoms with Crippen LogP contribution in [0.15, 0.2) is 18.2 Å². The number of anilines is 2. The van der Waals surface area contributed by atoms with E-state index in [1.54, 1.807) is 0 Å². The minimum Gasteiger partial charge on any atom is -0.397 e. The SMILES string of the molecule is Cc1cccc(NCC2(C(C)C)CC2)c1N. The van der Waals surface area contributed by atoms with Gasteiger partial charge < -0.3 is 11.1 Å². The summed E-state index contributed by atoms with van der Waals surface area (Å²) in [6.07, 6.45) is 2.70. The van der Waals surface area contributed by atoms with Crippen LogP contribution in [-0.4, -0.2) is 6.54 Å². The molecule has 0 heterocycles. The van der Waals surface area contributed by atoms with Crippen LogP contribution >= 0.6 is 0 Å². The maximum atomic E-state index is 6.05. The molecule has 3 N–H and O–H groups in total. The monoisotopic (exact) mass is 218 g/mol. The van der Waals surface area contributed by atoms with Gasteiger partial charge in [-0.25, -0.2) is 0 Å². The number of rotatable bonds is 4. The summed E-state index contributed by atoms with van der Waals surface area (Å²) in [7, 11) is 0. The Morgan fingerprint density at radius 2 is 2.06 bits per heavy atom. The van der Waals surface area contributed by atoms with Gasteiger partial charge in [0.2, 0.25) is 0 Å². The molecule has 1 aliphatic carbocycles. The summed E-state index contributed by atoms with van der Waals surface area (Å²) in [4.78, 5) is 0. The van der Waals surface area contributed by atoms with Gasteiger partial charge in [0.05, 0.1) is 11.4 Å². The molecule has 0 unspecified atom stereocenters. The van der Waals surface area contributed by atoms with E-state index in [0.29, 0.717) is 5.41 Å². The second-order valence-corrected chi connectivity index (χ2v) is 5.41. The van der Waals surface area contributed by atoms with Gasteiger partial charge in [-0.1, -0.05) is 26.0 Å². The van der Waals surface area contributed by atoms with Crippen LogP contribution in [0.25, 0.3) is 0 Å². The predicted octanol–water partition coefficient (Wildman–Crippen LogP) is 3.43. The van der Waals surface area contributed by atoms with Gasteiger partial charge >= 0.3 is 0 Å². The maximum Gasteiger partial charge on any atom is 0.0579 e. The van der Waals surface area contributed by atoms with E-state index in [9.17, 15) is 0 Å². The van der Waals surface area contributed by atoms with E-state index in [0.717, 1.165) is 29.4 Å². The van der Waals surface area contributed by atoms with Crippen molar-refractivity contribution in [3.05, 3.63) is 23.8 Å². The summed E-state index contributed by atoms with van der Waals surface area (Å²) in [5, 5.41) is 3.51. The number of hydrogen-bond acceptors (Lipinski definition) is 2. The zero-order chi connectivity index (χ0) is 11.8. The van der Waals surface area contributed by atoms with E-state index in [1.807, 2.05) is 0 Å². The van der Waals surface area contributed by atoms with Gasteiger partial charge in [0.1, 0.15) is 0 Å². The highest BCUT2D eigenvalue weighted by Gasteiger charge is 2.44. The first-order chi connectivity index (χ1) is 7.55. The lowest BCUT2D eigenvalue weighted by atomic mass is 9.92. The number of aryl methyl sites for hydroxylation is 1. The quantitative estimate of drug-likeness (QED) is 0.760. The fourth-order valence-corrected chi connectivity index (χ4v) is 2.22. The number of hydrogen-bond donors (Lipinski definition) is 2. The molecule has 2 nitrogen and oxygen atoms in total. The Hall–Kier alpha value is -1.18. The van der Waals surface area contributed by atoms with Crippen molar-refractivity contribution in [2.45, 2.75) is 33.6 Å². The van der Waals surface area contributed by atoms with Crippen molar-refractivity contribution < 1.29 is 0 Å². The van der Waals surface area contributed by atoms with Crippen LogP contribution < -0.4 is 11.1 Å². The van der Waals surface area contributed by atoms with Crippen molar-refractivity contribution in [2.24, 2.45) is 11.3 Å². The highest BCUT2D eigenvalue weighted by Crippen LogP contribution is 2.51. The highest BCUT2D eigenvalue weighted by molar-refractivity contribution is 5.69. The molecule has 1 aliphatic rings. The average Bonchev–Trinajstić information content (AvgIpc) is 3.01. The molecule has 2 heteroatoms. The Morgan fingerprint density at radius 1 is 1.38 bits per heavy atom. The minimum atomic E-state index is 0.524. The smallest absolute Gasteiger partial charge is 0.0579 e. The molecule has 0 atom stereocenters. The van der Waals surface area contributed by atoms with E-state index >= 15 is 0 Å². The molecule has 0 radical (unpaired) electrons. The molecule has 0 amide bonds. The average molecular weight is 218 g/mol. The van der Waals surface area contributed by atoms with Gasteiger partial charge in [-0.05, 0) is 42.7 Å². The summed E-state index contributed by atoms with van der Waals surface area (Å²) in [5.41, 5.74) is 9.70. The molecular weight excluding hydrogens is 196 g/mol. The Kier molecular flexibility index (Phi) is 2.83. The molecule has 88 valence electrons. The number of nitrogens with two attached hydrogens (primary N) is 1. The van der Waals surface area contributed by atoms with E-state index in [2.05, 4.69) is 44.3 Å². The normalized spacial score (nSPS) is 17.5. The lowest BCUT2D eigenvalue weighted by Gasteiger charge is -2.21. The lowest BCUT2D eigenvalue weighted by Crippen LogP contribution is -2.21. The van der Waals surface area contributed by atoms with E-state index in [4.69, 9.17) is 5.73 Å². The summed E-state index contributed by atoms with van der Waals surface area (Å²) >= 11 is 0. The van der Waals surface area contributed by atoms with Crippen molar-refractivity contribution in [1.82, 2.24) is 0 Å². The third-order valence-electron chi connectivity index (χ3n) is 4.07. The van der Waals surface area contributed by atoms with Crippen molar-refractivity contribution in [1.29, 1.82) is 0 Å². The Balaban J connectivity index is 2.03.